The van der Waals surface area contributed by atoms with Gasteiger partial charge in [-0.1, -0.05) is 6.08 Å². The topological polar surface area (TPSA) is 36.0 Å². The lowest BCUT2D eigenvalue weighted by molar-refractivity contribution is -0.133. The molecule has 0 bridgehead atoms. The molecule has 2 aliphatic carbocycles. The molecule has 1 amide bonds. The third kappa shape index (κ3) is 4.78. The van der Waals surface area contributed by atoms with Gasteiger partial charge in [0.25, 0.3) is 0 Å². The van der Waals surface area contributed by atoms with Crippen LogP contribution in [0.2, 0.25) is 0 Å². The van der Waals surface area contributed by atoms with Gasteiger partial charge in [0.2, 0.25) is 5.91 Å². The van der Waals surface area contributed by atoms with Gasteiger partial charge in [0.15, 0.2) is 0 Å². The van der Waals surface area contributed by atoms with Gasteiger partial charge in [-0.05, 0) is 52.6 Å². The minimum atomic E-state index is 0.217. The molecule has 5 nitrogen and oxygen atoms in total. The van der Waals surface area contributed by atoms with Crippen molar-refractivity contribution < 1.29 is 9.53 Å². The standard InChI is InChI=1S/C18H31N3O2/c1-19(2)12-17-13-20(10-11-23-17)14-18(22)21(16-8-9-16)15-6-4-3-5-7-15/h6,16-17H,3-5,7-14H2,1-2H3/t17-/m0/s1. The Morgan fingerprint density at radius 1 is 1.35 bits per heavy atom. The summed E-state index contributed by atoms with van der Waals surface area (Å²) >= 11 is 0. The predicted molar refractivity (Wildman–Crippen MR) is 91.2 cm³/mol. The van der Waals surface area contributed by atoms with Crippen molar-refractivity contribution in [1.29, 1.82) is 0 Å². The molecule has 130 valence electrons. The van der Waals surface area contributed by atoms with E-state index in [1.54, 1.807) is 0 Å². The molecular formula is C18H31N3O2. The van der Waals surface area contributed by atoms with Crippen LogP contribution in [0.5, 0.6) is 0 Å². The zero-order valence-electron chi connectivity index (χ0n) is 14.7. The lowest BCUT2D eigenvalue weighted by Gasteiger charge is -2.35. The Kier molecular flexibility index (Phi) is 5.72. The van der Waals surface area contributed by atoms with E-state index in [1.165, 1.54) is 31.4 Å². The first-order chi connectivity index (χ1) is 11.1. The highest BCUT2D eigenvalue weighted by molar-refractivity contribution is 5.80. The van der Waals surface area contributed by atoms with Gasteiger partial charge in [-0.2, -0.15) is 0 Å². The van der Waals surface area contributed by atoms with Crippen LogP contribution in [-0.4, -0.2) is 79.6 Å². The molecule has 3 rings (SSSR count). The van der Waals surface area contributed by atoms with E-state index in [4.69, 9.17) is 4.74 Å². The summed E-state index contributed by atoms with van der Waals surface area (Å²) in [7, 11) is 4.13. The number of ether oxygens (including phenoxy) is 1. The number of carbonyl (C=O) groups is 1. The second-order valence-electron chi connectivity index (χ2n) is 7.43. The van der Waals surface area contributed by atoms with Crippen LogP contribution in [0.25, 0.3) is 0 Å². The molecule has 0 spiro atoms. The van der Waals surface area contributed by atoms with E-state index in [9.17, 15) is 4.79 Å². The Hall–Kier alpha value is -0.910. The number of morpholine rings is 1. The van der Waals surface area contributed by atoms with Crippen molar-refractivity contribution in [3.8, 4) is 0 Å². The Morgan fingerprint density at radius 2 is 2.17 bits per heavy atom. The monoisotopic (exact) mass is 321 g/mol. The largest absolute Gasteiger partial charge is 0.374 e. The van der Waals surface area contributed by atoms with E-state index >= 15 is 0 Å². The van der Waals surface area contributed by atoms with E-state index in [2.05, 4.69) is 34.9 Å². The fourth-order valence-electron chi connectivity index (χ4n) is 3.68. The maximum Gasteiger partial charge on any atom is 0.241 e. The number of allylic oxidation sites excluding steroid dienone is 2. The van der Waals surface area contributed by atoms with Gasteiger partial charge in [0.1, 0.15) is 0 Å². The number of likely N-dealkylation sites (N-methyl/N-ethyl adjacent to an activating group) is 1. The average Bonchev–Trinajstić information content (AvgIpc) is 3.33. The molecule has 0 aromatic rings. The summed E-state index contributed by atoms with van der Waals surface area (Å²) < 4.78 is 5.82. The van der Waals surface area contributed by atoms with Gasteiger partial charge < -0.3 is 14.5 Å². The summed E-state index contributed by atoms with van der Waals surface area (Å²) in [5.74, 6) is 0.297. The van der Waals surface area contributed by atoms with E-state index < -0.39 is 0 Å². The molecule has 0 unspecified atom stereocenters. The van der Waals surface area contributed by atoms with Crippen LogP contribution in [0.15, 0.2) is 11.8 Å². The molecule has 1 saturated carbocycles. The van der Waals surface area contributed by atoms with Crippen molar-refractivity contribution in [3.05, 3.63) is 11.8 Å². The normalized spacial score (nSPS) is 26.2. The smallest absolute Gasteiger partial charge is 0.241 e. The maximum absolute atomic E-state index is 12.9. The van der Waals surface area contributed by atoms with Gasteiger partial charge >= 0.3 is 0 Å². The van der Waals surface area contributed by atoms with Gasteiger partial charge in [0.05, 0.1) is 19.3 Å². The number of carbonyl (C=O) groups excluding carboxylic acids is 1. The van der Waals surface area contributed by atoms with Crippen LogP contribution in [0.1, 0.15) is 38.5 Å². The molecule has 0 aromatic carbocycles. The second kappa shape index (κ2) is 7.77. The highest BCUT2D eigenvalue weighted by Crippen LogP contribution is 2.33. The first-order valence-electron chi connectivity index (χ1n) is 9.13. The minimum Gasteiger partial charge on any atom is -0.374 e. The van der Waals surface area contributed by atoms with E-state index in [0.29, 0.717) is 18.5 Å². The molecule has 1 heterocycles. The SMILES string of the molecule is CN(C)C[C@H]1CN(CC(=O)N(C2=CCCCC2)C2CC2)CCO1. The molecular weight excluding hydrogens is 290 g/mol. The minimum absolute atomic E-state index is 0.217. The second-order valence-corrected chi connectivity index (χ2v) is 7.43. The predicted octanol–water partition coefficient (Wildman–Crippen LogP) is 1.70. The summed E-state index contributed by atoms with van der Waals surface area (Å²) in [6.45, 7) is 3.93. The van der Waals surface area contributed by atoms with Crippen molar-refractivity contribution in [2.45, 2.75) is 50.7 Å². The summed E-state index contributed by atoms with van der Waals surface area (Å²) in [5, 5.41) is 0. The Balaban J connectivity index is 1.57. The Labute approximate surface area is 140 Å². The zero-order valence-corrected chi connectivity index (χ0v) is 14.7. The van der Waals surface area contributed by atoms with Crippen LogP contribution in [0.4, 0.5) is 0 Å². The first-order valence-corrected chi connectivity index (χ1v) is 9.13. The number of hydrogen-bond donors (Lipinski definition) is 0. The maximum atomic E-state index is 12.9. The highest BCUT2D eigenvalue weighted by atomic mass is 16.5. The van der Waals surface area contributed by atoms with E-state index in [1.807, 2.05) is 0 Å². The molecule has 3 aliphatic rings. The van der Waals surface area contributed by atoms with Crippen molar-refractivity contribution in [1.82, 2.24) is 14.7 Å². The Morgan fingerprint density at radius 3 is 2.83 bits per heavy atom. The summed E-state index contributed by atoms with van der Waals surface area (Å²) in [5.41, 5.74) is 1.29. The summed E-state index contributed by atoms with van der Waals surface area (Å²) in [4.78, 5) is 19.5. The number of nitrogens with zero attached hydrogens (tertiary/aromatic N) is 3. The lowest BCUT2D eigenvalue weighted by Crippen LogP contribution is -2.50. The summed E-state index contributed by atoms with van der Waals surface area (Å²) in [6.07, 6.45) is 9.58. The zero-order chi connectivity index (χ0) is 16.2. The third-order valence-corrected chi connectivity index (χ3v) is 4.91. The van der Waals surface area contributed by atoms with E-state index in [-0.39, 0.29) is 6.10 Å². The fourth-order valence-corrected chi connectivity index (χ4v) is 3.68. The van der Waals surface area contributed by atoms with Crippen LogP contribution < -0.4 is 0 Å². The average molecular weight is 321 g/mol. The van der Waals surface area contributed by atoms with Gasteiger partial charge in [-0.15, -0.1) is 0 Å². The van der Waals surface area contributed by atoms with E-state index in [0.717, 1.165) is 39.1 Å². The van der Waals surface area contributed by atoms with Crippen molar-refractivity contribution >= 4 is 5.91 Å². The number of rotatable bonds is 6. The molecule has 2 fully saturated rings. The van der Waals surface area contributed by atoms with Crippen LogP contribution >= 0.6 is 0 Å². The molecule has 0 N–H and O–H groups in total. The lowest BCUT2D eigenvalue weighted by atomic mass is 10.0. The van der Waals surface area contributed by atoms with Gasteiger partial charge in [-0.25, -0.2) is 0 Å². The van der Waals surface area contributed by atoms with Crippen LogP contribution in [-0.2, 0) is 9.53 Å². The molecule has 0 aromatic heterocycles. The van der Waals surface area contributed by atoms with Crippen LogP contribution in [0, 0.1) is 0 Å². The molecule has 1 saturated heterocycles. The van der Waals surface area contributed by atoms with Gasteiger partial charge in [-0.3, -0.25) is 9.69 Å². The first kappa shape index (κ1) is 16.9. The molecule has 5 heteroatoms. The molecule has 0 radical (unpaired) electrons. The van der Waals surface area contributed by atoms with Crippen LogP contribution in [0.3, 0.4) is 0 Å². The number of hydrogen-bond acceptors (Lipinski definition) is 4. The summed E-state index contributed by atoms with van der Waals surface area (Å²) in [6, 6.07) is 0.477. The fraction of sp³-hybridized carbons (Fsp3) is 0.833. The highest BCUT2D eigenvalue weighted by Gasteiger charge is 2.36. The molecule has 1 aliphatic heterocycles. The van der Waals surface area contributed by atoms with Gasteiger partial charge in [0, 0.05) is 31.4 Å². The number of amides is 1. The van der Waals surface area contributed by atoms with Crippen molar-refractivity contribution in [2.75, 3.05) is 46.9 Å². The Bertz CT molecular complexity index is 446. The van der Waals surface area contributed by atoms with Crippen molar-refractivity contribution in [3.63, 3.8) is 0 Å². The third-order valence-electron chi connectivity index (χ3n) is 4.91. The van der Waals surface area contributed by atoms with Crippen molar-refractivity contribution in [2.24, 2.45) is 0 Å². The molecule has 1 atom stereocenters. The molecule has 23 heavy (non-hydrogen) atoms. The quantitative estimate of drug-likeness (QED) is 0.746.